The van der Waals surface area contributed by atoms with Crippen molar-refractivity contribution in [2.24, 2.45) is 7.05 Å². The summed E-state index contributed by atoms with van der Waals surface area (Å²) in [5, 5.41) is 24.1. The molecule has 3 saturated heterocycles. The number of aryl methyl sites for hydroxylation is 1. The quantitative estimate of drug-likeness (QED) is 0.226. The van der Waals surface area contributed by atoms with Gasteiger partial charge < -0.3 is 24.8 Å². The van der Waals surface area contributed by atoms with E-state index < -0.39 is 31.0 Å². The largest absolute Gasteiger partial charge is 0.445 e. The fourth-order valence-electron chi connectivity index (χ4n) is 7.48. The van der Waals surface area contributed by atoms with E-state index in [9.17, 15) is 9.90 Å². The Labute approximate surface area is 280 Å². The molecule has 48 heavy (non-hydrogen) atoms. The lowest BCUT2D eigenvalue weighted by Gasteiger charge is -2.42. The van der Waals surface area contributed by atoms with Crippen LogP contribution in [0, 0.1) is 0 Å². The minimum atomic E-state index is -1.38. The summed E-state index contributed by atoms with van der Waals surface area (Å²) >= 11 is 6.95. The van der Waals surface area contributed by atoms with Crippen LogP contribution in [-0.2, 0) is 29.7 Å². The Kier molecular flexibility index (Phi) is 8.13. The van der Waals surface area contributed by atoms with Gasteiger partial charge in [-0.3, -0.25) is 4.68 Å². The predicted octanol–water partition coefficient (Wildman–Crippen LogP) is 5.60. The predicted molar refractivity (Wildman–Crippen MR) is 177 cm³/mol. The maximum Gasteiger partial charge on any atom is 0.407 e. The molecule has 0 radical (unpaired) electrons. The Balaban J connectivity index is 1.14. The van der Waals surface area contributed by atoms with Crippen molar-refractivity contribution in [1.29, 1.82) is 0 Å². The Bertz CT molecular complexity index is 1980. The molecule has 250 valence electrons. The highest BCUT2D eigenvalue weighted by Crippen LogP contribution is 2.43. The van der Waals surface area contributed by atoms with Crippen LogP contribution in [0.25, 0.3) is 33.3 Å². The topological polar surface area (TPSA) is 132 Å². The van der Waals surface area contributed by atoms with Crippen LogP contribution in [0.2, 0.25) is 5.02 Å². The number of fused-ring (bicyclic) bond motifs is 4. The van der Waals surface area contributed by atoms with Gasteiger partial charge in [0, 0.05) is 36.8 Å². The Morgan fingerprint density at radius 2 is 1.98 bits per heavy atom. The minimum Gasteiger partial charge on any atom is -0.445 e. The number of benzene rings is 2. The van der Waals surface area contributed by atoms with Crippen LogP contribution >= 0.6 is 11.6 Å². The molecule has 3 fully saturated rings. The standard InChI is InChI=1S/C34H36ClFN8O4/c1-42-16-22-23(40-42)12-11-21(28(22)35)30-31-33(44(41-30)27-9-5-6-14-47-27)39-32(25(17-45)37-31)43-20-10-13-26(43)29(36)24(15-20)38-34(46)48-18-19-7-3-2-4-8-19/h2-4,7-8,11-12,16,20,24,26-27,29,45H,5-6,9-10,13-15,17-18H2,1H3,(H,38,46)/t20-,24-,26+,27+,29-/m0/s1. The molecule has 3 aliphatic heterocycles. The fourth-order valence-corrected chi connectivity index (χ4v) is 7.78. The van der Waals surface area contributed by atoms with Crippen molar-refractivity contribution in [3.8, 4) is 11.3 Å². The number of nitrogens with one attached hydrogen (secondary N) is 1. The van der Waals surface area contributed by atoms with Gasteiger partial charge in [-0.2, -0.15) is 10.2 Å². The summed E-state index contributed by atoms with van der Waals surface area (Å²) in [6.07, 6.45) is 3.79. The average molecular weight is 675 g/mol. The zero-order chi connectivity index (χ0) is 32.9. The maximum atomic E-state index is 16.2. The van der Waals surface area contributed by atoms with E-state index in [4.69, 9.17) is 36.1 Å². The smallest absolute Gasteiger partial charge is 0.407 e. The number of aliphatic hydroxyl groups is 1. The number of nitrogens with zero attached hydrogens (tertiary/aromatic N) is 7. The number of rotatable bonds is 7. The van der Waals surface area contributed by atoms with Gasteiger partial charge in [0.15, 0.2) is 17.7 Å². The van der Waals surface area contributed by atoms with Gasteiger partial charge in [0.2, 0.25) is 0 Å². The second kappa shape index (κ2) is 12.6. The molecule has 5 atom stereocenters. The molecule has 0 saturated carbocycles. The van der Waals surface area contributed by atoms with Crippen molar-refractivity contribution >= 4 is 45.6 Å². The molecular formula is C34H36ClFN8O4. The number of aliphatic hydroxyl groups excluding tert-OH is 1. The van der Waals surface area contributed by atoms with E-state index in [2.05, 4.69) is 10.4 Å². The Morgan fingerprint density at radius 3 is 2.77 bits per heavy atom. The summed E-state index contributed by atoms with van der Waals surface area (Å²) in [4.78, 5) is 24.7. The number of anilines is 1. The number of carbonyl (C=O) groups is 1. The van der Waals surface area contributed by atoms with E-state index in [1.807, 2.05) is 60.6 Å². The number of aromatic nitrogens is 6. The lowest BCUT2D eigenvalue weighted by Crippen LogP contribution is -2.58. The zero-order valence-electron chi connectivity index (χ0n) is 26.4. The number of hydrogen-bond acceptors (Lipinski definition) is 9. The highest BCUT2D eigenvalue weighted by molar-refractivity contribution is 6.38. The molecule has 3 aliphatic rings. The van der Waals surface area contributed by atoms with E-state index >= 15 is 4.39 Å². The number of halogens is 2. The third-order valence-electron chi connectivity index (χ3n) is 9.73. The minimum absolute atomic E-state index is 0.104. The molecule has 2 aromatic carbocycles. The second-order valence-corrected chi connectivity index (χ2v) is 13.2. The molecule has 5 aromatic rings. The van der Waals surface area contributed by atoms with Gasteiger partial charge in [0.1, 0.15) is 29.7 Å². The molecule has 0 aliphatic carbocycles. The van der Waals surface area contributed by atoms with Crippen LogP contribution in [-0.4, -0.2) is 71.6 Å². The molecule has 1 amide bonds. The van der Waals surface area contributed by atoms with E-state index in [1.165, 1.54) is 0 Å². The van der Waals surface area contributed by atoms with E-state index in [0.29, 0.717) is 64.8 Å². The van der Waals surface area contributed by atoms with Crippen LogP contribution < -0.4 is 10.2 Å². The summed E-state index contributed by atoms with van der Waals surface area (Å²) in [5.41, 5.74) is 4.07. The van der Waals surface area contributed by atoms with Crippen molar-refractivity contribution in [2.75, 3.05) is 11.5 Å². The lowest BCUT2D eigenvalue weighted by atomic mass is 9.95. The third-order valence-corrected chi connectivity index (χ3v) is 10.1. The summed E-state index contributed by atoms with van der Waals surface area (Å²) in [5.74, 6) is 0.419. The van der Waals surface area contributed by atoms with Gasteiger partial charge >= 0.3 is 6.09 Å². The van der Waals surface area contributed by atoms with Crippen LogP contribution in [0.4, 0.5) is 15.0 Å². The molecular weight excluding hydrogens is 639 g/mol. The first kappa shape index (κ1) is 31.0. The highest BCUT2D eigenvalue weighted by Gasteiger charge is 2.50. The number of ether oxygens (including phenoxy) is 2. The van der Waals surface area contributed by atoms with Gasteiger partial charge in [-0.1, -0.05) is 41.9 Å². The Morgan fingerprint density at radius 1 is 1.12 bits per heavy atom. The lowest BCUT2D eigenvalue weighted by molar-refractivity contribution is -0.0368. The monoisotopic (exact) mass is 674 g/mol. The van der Waals surface area contributed by atoms with Crippen molar-refractivity contribution < 1.29 is 23.8 Å². The third kappa shape index (κ3) is 5.43. The number of amides is 1. The second-order valence-electron chi connectivity index (χ2n) is 12.8. The molecule has 6 heterocycles. The van der Waals surface area contributed by atoms with Crippen LogP contribution in [0.3, 0.4) is 0 Å². The van der Waals surface area contributed by atoms with Gasteiger partial charge in [-0.05, 0) is 56.2 Å². The van der Waals surface area contributed by atoms with Crippen LogP contribution in [0.15, 0.2) is 48.7 Å². The van der Waals surface area contributed by atoms with E-state index in [-0.39, 0.29) is 18.9 Å². The van der Waals surface area contributed by atoms with Crippen molar-refractivity contribution in [3.63, 3.8) is 0 Å². The van der Waals surface area contributed by atoms with Gasteiger partial charge in [0.25, 0.3) is 0 Å². The number of carbonyl (C=O) groups excluding carboxylic acids is 1. The number of alkyl halides is 1. The summed E-state index contributed by atoms with van der Waals surface area (Å²) in [7, 11) is 1.84. The van der Waals surface area contributed by atoms with Crippen molar-refractivity contribution in [1.82, 2.24) is 34.8 Å². The number of alkyl carbamates (subject to hydrolysis) is 1. The van der Waals surface area contributed by atoms with Gasteiger partial charge in [-0.15, -0.1) is 0 Å². The summed E-state index contributed by atoms with van der Waals surface area (Å²) < 4.78 is 31.2. The molecule has 8 rings (SSSR count). The summed E-state index contributed by atoms with van der Waals surface area (Å²) in [6.45, 7) is 0.297. The number of piperidine rings is 1. The molecule has 14 heteroatoms. The van der Waals surface area contributed by atoms with Crippen molar-refractivity contribution in [2.45, 2.75) is 82.3 Å². The average Bonchev–Trinajstić information content (AvgIpc) is 3.79. The zero-order valence-corrected chi connectivity index (χ0v) is 27.2. The van der Waals surface area contributed by atoms with Gasteiger partial charge in [0.05, 0.1) is 29.2 Å². The summed E-state index contributed by atoms with van der Waals surface area (Å²) in [6, 6.07) is 11.7. The van der Waals surface area contributed by atoms with Gasteiger partial charge in [-0.25, -0.2) is 23.8 Å². The first-order valence-electron chi connectivity index (χ1n) is 16.4. The molecule has 12 nitrogen and oxygen atoms in total. The molecule has 3 aromatic heterocycles. The highest BCUT2D eigenvalue weighted by atomic mass is 35.5. The molecule has 2 N–H and O–H groups in total. The normalized spacial score (nSPS) is 24.0. The molecule has 0 unspecified atom stereocenters. The first-order chi connectivity index (χ1) is 23.4. The maximum absolute atomic E-state index is 16.2. The Hall–Kier alpha value is -4.33. The molecule has 2 bridgehead atoms. The van der Waals surface area contributed by atoms with Crippen LogP contribution in [0.5, 0.6) is 0 Å². The van der Waals surface area contributed by atoms with Crippen molar-refractivity contribution in [3.05, 3.63) is 64.9 Å². The van der Waals surface area contributed by atoms with E-state index in [0.717, 1.165) is 35.7 Å². The number of hydrogen-bond donors (Lipinski definition) is 2. The molecule has 0 spiro atoms. The first-order valence-corrected chi connectivity index (χ1v) is 16.8. The SMILES string of the molecule is Cn1cc2c(Cl)c(-c3nn([C@H]4CCCCO4)c4nc(N5[C@H]6CC[C@@H]5[C@@H](F)[C@@H](NC(=O)OCc5ccccc5)C6)c(CO)nc34)ccc2n1. The fraction of sp³-hybridized carbons (Fsp3) is 0.441. The van der Waals surface area contributed by atoms with E-state index in [1.54, 1.807) is 9.36 Å². The van der Waals surface area contributed by atoms with Crippen LogP contribution in [0.1, 0.15) is 56.0 Å².